The quantitative estimate of drug-likeness (QED) is 0.535. The molecule has 0 aliphatic carbocycles. The number of hydrogen-bond acceptors (Lipinski definition) is 0. The summed E-state index contributed by atoms with van der Waals surface area (Å²) in [4.78, 5) is 0. The molecular weight excluding hydrogens is 138 g/mol. The maximum atomic E-state index is 12.9. The third-order valence-corrected chi connectivity index (χ3v) is 1.86. The Morgan fingerprint density at radius 1 is 1.45 bits per heavy atom. The minimum absolute atomic E-state index is 0.101. The molecule has 0 aliphatic rings. The molecule has 1 unspecified atom stereocenters. The van der Waals surface area contributed by atoms with Crippen LogP contribution >= 0.6 is 0 Å². The summed E-state index contributed by atoms with van der Waals surface area (Å²) in [6, 6.07) is 5.41. The van der Waals surface area contributed by atoms with E-state index in [0.29, 0.717) is 5.82 Å². The van der Waals surface area contributed by atoms with Crippen LogP contribution in [0.1, 0.15) is 23.9 Å². The van der Waals surface area contributed by atoms with Crippen molar-refractivity contribution in [3.8, 4) is 0 Å². The van der Waals surface area contributed by atoms with Gasteiger partial charge in [0, 0.05) is 0 Å². The van der Waals surface area contributed by atoms with Gasteiger partial charge in [-0.2, -0.15) is 0 Å². The summed E-state index contributed by atoms with van der Waals surface area (Å²) < 4.78 is 12.9. The maximum Gasteiger partial charge on any atom is 0.126 e. The van der Waals surface area contributed by atoms with Crippen LogP contribution in [0.25, 0.3) is 0 Å². The van der Waals surface area contributed by atoms with Gasteiger partial charge in [0.1, 0.15) is 13.7 Å². The van der Waals surface area contributed by atoms with E-state index in [0.717, 1.165) is 11.1 Å². The first kappa shape index (κ1) is 8.31. The number of benzene rings is 1. The molecule has 58 valence electrons. The third kappa shape index (κ3) is 1.82. The smallest absolute Gasteiger partial charge is 0.126 e. The third-order valence-electron chi connectivity index (χ3n) is 1.86. The summed E-state index contributed by atoms with van der Waals surface area (Å²) in [5.41, 5.74) is 1.78. The molecule has 0 fully saturated rings. The first-order valence-corrected chi connectivity index (χ1v) is 3.87. The average molecular weight is 150 g/mol. The van der Waals surface area contributed by atoms with Gasteiger partial charge in [0.15, 0.2) is 0 Å². The fourth-order valence-electron chi connectivity index (χ4n) is 0.968. The van der Waals surface area contributed by atoms with Crippen LogP contribution < -0.4 is 0 Å². The molecule has 1 atom stereocenters. The van der Waals surface area contributed by atoms with Crippen LogP contribution in [0.4, 0.5) is 4.39 Å². The first-order chi connectivity index (χ1) is 5.11. The van der Waals surface area contributed by atoms with Crippen molar-refractivity contribution in [3.63, 3.8) is 0 Å². The predicted octanol–water partition coefficient (Wildman–Crippen LogP) is 1.83. The van der Waals surface area contributed by atoms with E-state index in [9.17, 15) is 4.39 Å². The van der Waals surface area contributed by atoms with Crippen molar-refractivity contribution in [2.24, 2.45) is 0 Å². The molecule has 0 aliphatic heterocycles. The molecule has 0 amide bonds. The molecule has 0 aromatic heterocycles. The normalized spacial score (nSPS) is 13.0. The van der Waals surface area contributed by atoms with Crippen molar-refractivity contribution >= 4 is 7.85 Å². The van der Waals surface area contributed by atoms with Gasteiger partial charge in [-0.3, -0.25) is 0 Å². The number of halogens is 1. The number of aryl methyl sites for hydroxylation is 1. The molecule has 0 heterocycles. The maximum absolute atomic E-state index is 12.9. The van der Waals surface area contributed by atoms with Crippen molar-refractivity contribution in [1.29, 1.82) is 0 Å². The molecule has 0 radical (unpaired) electrons. The Balaban J connectivity index is 3.05. The van der Waals surface area contributed by atoms with Gasteiger partial charge in [0.25, 0.3) is 0 Å². The molecule has 0 spiro atoms. The molecule has 1 rings (SSSR count). The number of rotatable bonds is 1. The Morgan fingerprint density at radius 2 is 2.09 bits per heavy atom. The van der Waals surface area contributed by atoms with Gasteiger partial charge < -0.3 is 0 Å². The highest BCUT2D eigenvalue weighted by atomic mass is 19.1. The predicted molar refractivity (Wildman–Crippen MR) is 48.1 cm³/mol. The van der Waals surface area contributed by atoms with Crippen molar-refractivity contribution in [2.75, 3.05) is 0 Å². The highest BCUT2D eigenvalue weighted by Gasteiger charge is 2.01. The summed E-state index contributed by atoms with van der Waals surface area (Å²) in [5.74, 6) is 0.307. The molecule has 1 aromatic carbocycles. The fourth-order valence-corrected chi connectivity index (χ4v) is 0.968. The van der Waals surface area contributed by atoms with E-state index in [1.54, 1.807) is 13.0 Å². The second kappa shape index (κ2) is 3.08. The summed E-state index contributed by atoms with van der Waals surface area (Å²) in [6.07, 6.45) is 0. The van der Waals surface area contributed by atoms with Crippen LogP contribution in [-0.2, 0) is 0 Å². The van der Waals surface area contributed by atoms with Gasteiger partial charge in [-0.15, -0.1) is 0 Å². The Labute approximate surface area is 67.8 Å². The van der Waals surface area contributed by atoms with Crippen LogP contribution in [0.5, 0.6) is 0 Å². The van der Waals surface area contributed by atoms with Gasteiger partial charge in [0.05, 0.1) is 0 Å². The SMILES string of the molecule is BC(C)c1ccc(C)c(F)c1. The van der Waals surface area contributed by atoms with Crippen molar-refractivity contribution in [1.82, 2.24) is 0 Å². The fraction of sp³-hybridized carbons (Fsp3) is 0.333. The lowest BCUT2D eigenvalue weighted by molar-refractivity contribution is 0.616. The minimum Gasteiger partial charge on any atom is -0.207 e. The van der Waals surface area contributed by atoms with Crippen LogP contribution in [-0.4, -0.2) is 7.85 Å². The van der Waals surface area contributed by atoms with Gasteiger partial charge in [-0.05, 0) is 24.4 Å². The average Bonchev–Trinajstić information content (AvgIpc) is 1.94. The summed E-state index contributed by atoms with van der Waals surface area (Å²) in [6.45, 7) is 3.84. The molecule has 0 N–H and O–H groups in total. The molecule has 0 bridgehead atoms. The highest BCUT2D eigenvalue weighted by Crippen LogP contribution is 2.14. The molecule has 1 aromatic rings. The van der Waals surface area contributed by atoms with E-state index in [-0.39, 0.29) is 5.82 Å². The van der Waals surface area contributed by atoms with Crippen LogP contribution in [0.15, 0.2) is 18.2 Å². The molecule has 0 nitrogen and oxygen atoms in total. The highest BCUT2D eigenvalue weighted by molar-refractivity contribution is 6.12. The largest absolute Gasteiger partial charge is 0.207 e. The van der Waals surface area contributed by atoms with Crippen molar-refractivity contribution in [3.05, 3.63) is 35.1 Å². The Kier molecular flexibility index (Phi) is 2.33. The molecule has 0 saturated heterocycles. The second-order valence-corrected chi connectivity index (χ2v) is 3.16. The summed E-state index contributed by atoms with van der Waals surface area (Å²) in [5, 5.41) is 0. The zero-order valence-electron chi connectivity index (χ0n) is 7.19. The Hall–Kier alpha value is -0.785. The van der Waals surface area contributed by atoms with Gasteiger partial charge in [0.2, 0.25) is 0 Å². The molecular formula is C9H12BF. The first-order valence-electron chi connectivity index (χ1n) is 3.87. The molecule has 0 saturated carbocycles. The van der Waals surface area contributed by atoms with Gasteiger partial charge >= 0.3 is 0 Å². The minimum atomic E-state index is -0.101. The summed E-state index contributed by atoms with van der Waals surface area (Å²) in [7, 11) is 2.06. The zero-order valence-corrected chi connectivity index (χ0v) is 7.19. The van der Waals surface area contributed by atoms with Gasteiger partial charge in [-0.1, -0.05) is 24.6 Å². The zero-order chi connectivity index (χ0) is 8.43. The standard InChI is InChI=1S/C9H12BF/c1-6-3-4-8(7(2)10)5-9(6)11/h3-5,7H,10H2,1-2H3. The van der Waals surface area contributed by atoms with Crippen LogP contribution in [0.3, 0.4) is 0 Å². The van der Waals surface area contributed by atoms with Crippen LogP contribution in [0.2, 0.25) is 0 Å². The Morgan fingerprint density at radius 3 is 2.55 bits per heavy atom. The van der Waals surface area contributed by atoms with E-state index in [1.165, 1.54) is 0 Å². The van der Waals surface area contributed by atoms with E-state index >= 15 is 0 Å². The molecule has 11 heavy (non-hydrogen) atoms. The number of hydrogen-bond donors (Lipinski definition) is 0. The Bertz CT molecular complexity index is 256. The van der Waals surface area contributed by atoms with Crippen molar-refractivity contribution in [2.45, 2.75) is 19.7 Å². The summed E-state index contributed by atoms with van der Waals surface area (Å²) >= 11 is 0. The van der Waals surface area contributed by atoms with E-state index < -0.39 is 0 Å². The lowest BCUT2D eigenvalue weighted by Gasteiger charge is -2.05. The lowest BCUT2D eigenvalue weighted by Crippen LogP contribution is -1.93. The van der Waals surface area contributed by atoms with Crippen molar-refractivity contribution < 1.29 is 4.39 Å². The topological polar surface area (TPSA) is 0 Å². The second-order valence-electron chi connectivity index (χ2n) is 3.16. The van der Waals surface area contributed by atoms with Crippen LogP contribution in [0, 0.1) is 12.7 Å². The molecule has 2 heteroatoms. The van der Waals surface area contributed by atoms with E-state index in [4.69, 9.17) is 0 Å². The van der Waals surface area contributed by atoms with E-state index in [2.05, 4.69) is 14.8 Å². The van der Waals surface area contributed by atoms with E-state index in [1.807, 2.05) is 12.1 Å². The lowest BCUT2D eigenvalue weighted by atomic mass is 9.83. The monoisotopic (exact) mass is 150 g/mol. The van der Waals surface area contributed by atoms with Gasteiger partial charge in [-0.25, -0.2) is 4.39 Å².